The van der Waals surface area contributed by atoms with Crippen molar-refractivity contribution in [1.29, 1.82) is 0 Å². The molecule has 67 heavy (non-hydrogen) atoms. The van der Waals surface area contributed by atoms with Crippen LogP contribution in [0.5, 0.6) is 11.5 Å². The van der Waals surface area contributed by atoms with E-state index in [1.165, 1.54) is 18.2 Å². The van der Waals surface area contributed by atoms with Crippen LogP contribution in [0.15, 0.2) is 65.5 Å². The van der Waals surface area contributed by atoms with Crippen LogP contribution in [0.1, 0.15) is 42.5 Å². The number of fused-ring (bicyclic) bond motifs is 6. The van der Waals surface area contributed by atoms with Crippen LogP contribution in [-0.2, 0) is 39.5 Å². The lowest BCUT2D eigenvalue weighted by molar-refractivity contribution is -0.172. The summed E-state index contributed by atoms with van der Waals surface area (Å²) in [6, 6.07) is 12.6. The van der Waals surface area contributed by atoms with Crippen LogP contribution < -0.4 is 20.1 Å². The van der Waals surface area contributed by atoms with Gasteiger partial charge in [0.15, 0.2) is 11.4 Å². The van der Waals surface area contributed by atoms with Gasteiger partial charge < -0.3 is 43.9 Å². The maximum atomic E-state index is 16.7. The Morgan fingerprint density at radius 1 is 0.985 bits per heavy atom. The number of cyclic esters (lactones) is 1. The molecule has 1 amide bonds. The molecule has 15 nitrogen and oxygen atoms in total. The number of likely N-dealkylation sites (N-methyl/N-ethyl adjacent to an activating group) is 1. The van der Waals surface area contributed by atoms with Crippen molar-refractivity contribution in [3.63, 3.8) is 0 Å². The monoisotopic (exact) mass is 932 g/mol. The van der Waals surface area contributed by atoms with E-state index in [1.54, 1.807) is 28.5 Å². The summed E-state index contributed by atoms with van der Waals surface area (Å²) in [7, 11) is 3.96. The molecular formula is C49H47ClF2N8O7. The molecule has 3 aromatic carbocycles. The number of nitrogens with zero attached hydrogens (tertiary/aromatic N) is 8. The Morgan fingerprint density at radius 2 is 1.75 bits per heavy atom. The van der Waals surface area contributed by atoms with Gasteiger partial charge in [-0.1, -0.05) is 38.1 Å². The van der Waals surface area contributed by atoms with Gasteiger partial charge in [-0.25, -0.2) is 23.5 Å². The van der Waals surface area contributed by atoms with Crippen LogP contribution in [-0.4, -0.2) is 117 Å². The molecule has 1 atom stereocenters. The molecule has 2 fully saturated rings. The quantitative estimate of drug-likeness (QED) is 0.123. The Bertz CT molecular complexity index is 3150. The van der Waals surface area contributed by atoms with E-state index in [4.69, 9.17) is 31.0 Å². The normalized spacial score (nSPS) is 18.0. The zero-order chi connectivity index (χ0) is 47.2. The highest BCUT2D eigenvalue weighted by atomic mass is 35.5. The molecule has 0 spiro atoms. The average molecular weight is 933 g/mol. The van der Waals surface area contributed by atoms with E-state index in [9.17, 15) is 24.6 Å². The maximum absolute atomic E-state index is 16.7. The largest absolute Gasteiger partial charge is 0.507 e. The number of pyridine rings is 2. The number of piperazine rings is 1. The highest BCUT2D eigenvalue weighted by Crippen LogP contribution is 2.44. The van der Waals surface area contributed by atoms with Crippen LogP contribution in [0.3, 0.4) is 0 Å². The fourth-order valence-electron chi connectivity index (χ4n) is 9.70. The Kier molecular flexibility index (Phi) is 10.9. The molecule has 18 heteroatoms. The molecule has 4 aliphatic heterocycles. The third kappa shape index (κ3) is 7.13. The first-order valence-corrected chi connectivity index (χ1v) is 22.6. The number of carbonyl (C=O) groups is 2. The van der Waals surface area contributed by atoms with Crippen molar-refractivity contribution in [2.45, 2.75) is 51.5 Å². The molecule has 0 radical (unpaired) electrons. The van der Waals surface area contributed by atoms with Crippen molar-refractivity contribution in [2.24, 2.45) is 0 Å². The van der Waals surface area contributed by atoms with Gasteiger partial charge in [0.1, 0.15) is 41.9 Å². The van der Waals surface area contributed by atoms with Gasteiger partial charge in [-0.3, -0.25) is 9.59 Å². The Balaban J connectivity index is 0.861. The molecule has 0 bridgehead atoms. The van der Waals surface area contributed by atoms with Gasteiger partial charge in [0, 0.05) is 78.3 Å². The number of amides is 1. The van der Waals surface area contributed by atoms with Crippen molar-refractivity contribution < 1.29 is 38.1 Å². The van der Waals surface area contributed by atoms with Crippen LogP contribution in [0, 0.1) is 11.6 Å². The second-order valence-electron chi connectivity index (χ2n) is 17.7. The first-order valence-electron chi connectivity index (χ1n) is 22.2. The van der Waals surface area contributed by atoms with Crippen molar-refractivity contribution in [2.75, 3.05) is 69.8 Å². The lowest BCUT2D eigenvalue weighted by Gasteiger charge is -2.43. The molecule has 10 rings (SSSR count). The van der Waals surface area contributed by atoms with Crippen molar-refractivity contribution in [1.82, 2.24) is 29.3 Å². The molecule has 4 aliphatic rings. The van der Waals surface area contributed by atoms with Gasteiger partial charge in [-0.05, 0) is 75.0 Å². The number of rotatable bonds is 10. The number of hydrogen-bond acceptors (Lipinski definition) is 13. The number of halogens is 3. The minimum absolute atomic E-state index is 0.0485. The molecule has 0 unspecified atom stereocenters. The highest BCUT2D eigenvalue weighted by molar-refractivity contribution is 6.34. The van der Waals surface area contributed by atoms with Gasteiger partial charge in [-0.15, -0.1) is 0 Å². The fraction of sp³-hybridized carbons (Fsp3) is 0.347. The predicted molar refractivity (Wildman–Crippen MR) is 249 cm³/mol. The number of hydrogen-bond donors (Lipinski definition) is 2. The molecule has 6 aromatic rings. The number of carbonyl (C=O) groups excluding carboxylic acids is 2. The SMILES string of the molecule is C=C(COc1ccc2nc3c(c(CC)c2c1)Cn1c-3cc2c(c1=O)COC(=O)[C@]2(O)CC)C(=O)N1CCN(c2nc(N3CC(N(C)C)C3)nc3c(F)c(-c4c(O)cccc4F)c(Cl)cc23)CC1. The third-order valence-corrected chi connectivity index (χ3v) is 14.0. The number of anilines is 2. The summed E-state index contributed by atoms with van der Waals surface area (Å²) in [4.78, 5) is 62.4. The summed E-state index contributed by atoms with van der Waals surface area (Å²) in [6.45, 7) is 10.2. The molecule has 3 aromatic heterocycles. The first-order chi connectivity index (χ1) is 32.1. The molecule has 2 saturated heterocycles. The van der Waals surface area contributed by atoms with E-state index in [-0.39, 0.29) is 82.1 Å². The molecule has 2 N–H and O–H groups in total. The van der Waals surface area contributed by atoms with Crippen molar-refractivity contribution >= 4 is 57.0 Å². The average Bonchev–Trinajstić information content (AvgIpc) is 3.67. The van der Waals surface area contributed by atoms with Crippen LogP contribution in [0.2, 0.25) is 5.02 Å². The zero-order valence-corrected chi connectivity index (χ0v) is 38.1. The minimum atomic E-state index is -1.92. The lowest BCUT2D eigenvalue weighted by atomic mass is 9.86. The van der Waals surface area contributed by atoms with Gasteiger partial charge >= 0.3 is 5.97 Å². The van der Waals surface area contributed by atoms with Gasteiger partial charge in [0.05, 0.1) is 39.6 Å². The van der Waals surface area contributed by atoms with E-state index in [2.05, 4.69) is 16.5 Å². The van der Waals surface area contributed by atoms with Crippen LogP contribution in [0.25, 0.3) is 44.3 Å². The number of aromatic hydroxyl groups is 1. The standard InChI is InChI=1S/C49H47ClF2N8O7/c1-6-28-29-17-27(11-12-36(29)53-42-31(28)22-60-37(42)19-33-32(46(60)63)24-67-47(64)49(33,65)7-2)66-23-25(3)45(62)58-15-13-57(14-16-58)44-30-18-34(50)39(40-35(51)9-8-10-38(40)61)41(52)43(30)54-48(55-44)59-20-26(21-59)56(4)5/h8-12,17-19,26,61,65H,3,6-7,13-16,20-24H2,1-2,4-5H3/t49-/m0/s1. The number of ether oxygens (including phenoxy) is 2. The molecule has 0 saturated carbocycles. The van der Waals surface area contributed by atoms with Gasteiger partial charge in [0.25, 0.3) is 11.5 Å². The Labute approximate surface area is 388 Å². The number of aliphatic hydroxyl groups is 1. The van der Waals surface area contributed by atoms with Gasteiger partial charge in [-0.2, -0.15) is 4.98 Å². The second-order valence-corrected chi connectivity index (χ2v) is 18.1. The van der Waals surface area contributed by atoms with Crippen LogP contribution in [0.4, 0.5) is 20.5 Å². The number of benzene rings is 3. The number of aromatic nitrogens is 4. The Hall–Kier alpha value is -6.69. The number of phenols is 1. The fourth-order valence-corrected chi connectivity index (χ4v) is 9.98. The molecule has 0 aliphatic carbocycles. The third-order valence-electron chi connectivity index (χ3n) is 13.7. The maximum Gasteiger partial charge on any atom is 0.343 e. The van der Waals surface area contributed by atoms with Crippen LogP contribution >= 0.6 is 11.6 Å². The summed E-state index contributed by atoms with van der Waals surface area (Å²) in [6.07, 6.45) is 0.667. The Morgan fingerprint density at radius 3 is 2.45 bits per heavy atom. The van der Waals surface area contributed by atoms with Crippen molar-refractivity contribution in [3.8, 4) is 34.0 Å². The van der Waals surface area contributed by atoms with Gasteiger partial charge in [0.2, 0.25) is 5.95 Å². The zero-order valence-electron chi connectivity index (χ0n) is 37.3. The van der Waals surface area contributed by atoms with E-state index < -0.39 is 29.0 Å². The van der Waals surface area contributed by atoms with E-state index in [0.29, 0.717) is 85.5 Å². The number of esters is 1. The number of phenolic OH excluding ortho intramolecular Hbond substituents is 1. The summed E-state index contributed by atoms with van der Waals surface area (Å²) in [5.41, 5.74) is 1.41. The number of aryl methyl sites for hydroxylation is 1. The highest BCUT2D eigenvalue weighted by Gasteiger charge is 2.45. The molecule has 346 valence electrons. The van der Waals surface area contributed by atoms with Crippen molar-refractivity contribution in [3.05, 3.63) is 110 Å². The second kappa shape index (κ2) is 16.6. The smallest absolute Gasteiger partial charge is 0.343 e. The summed E-state index contributed by atoms with van der Waals surface area (Å²) >= 11 is 6.68. The van der Waals surface area contributed by atoms with E-state index >= 15 is 8.78 Å². The topological polar surface area (TPSA) is 167 Å². The summed E-state index contributed by atoms with van der Waals surface area (Å²) < 4.78 is 44.7. The summed E-state index contributed by atoms with van der Waals surface area (Å²) in [5.74, 6) is -2.03. The first kappa shape index (κ1) is 44.2. The summed E-state index contributed by atoms with van der Waals surface area (Å²) in [5, 5.41) is 22.9. The van der Waals surface area contributed by atoms with E-state index in [1.807, 2.05) is 43.0 Å². The predicted octanol–water partition coefficient (Wildman–Crippen LogP) is 5.92. The molecular weight excluding hydrogens is 886 g/mol. The minimum Gasteiger partial charge on any atom is -0.507 e. The lowest BCUT2D eigenvalue weighted by Crippen LogP contribution is -2.58. The van der Waals surface area contributed by atoms with E-state index in [0.717, 1.165) is 22.6 Å². The molecule has 7 heterocycles.